The minimum Gasteiger partial charge on any atom is -0.281 e. The van der Waals surface area contributed by atoms with Gasteiger partial charge in [0.25, 0.3) is 0 Å². The first-order valence-corrected chi connectivity index (χ1v) is 10.6. The number of halogens is 2. The van der Waals surface area contributed by atoms with Gasteiger partial charge in [-0.25, -0.2) is 0 Å². The standard InChI is InChI=1S/C20H36Cl2O2/c1-17(2)18(15-16-20(22)24)13-11-9-7-5-3-4-6-8-10-12-14-19(21)23/h17-18H,3-16H2,1-2H3. The van der Waals surface area contributed by atoms with Gasteiger partial charge in [0, 0.05) is 12.8 Å². The third kappa shape index (κ3) is 16.8. The summed E-state index contributed by atoms with van der Waals surface area (Å²) in [6, 6.07) is 0. The minimum atomic E-state index is -0.205. The van der Waals surface area contributed by atoms with Crippen LogP contribution in [-0.2, 0) is 9.59 Å². The van der Waals surface area contributed by atoms with Crippen LogP contribution in [-0.4, -0.2) is 10.5 Å². The van der Waals surface area contributed by atoms with Crippen molar-refractivity contribution in [1.82, 2.24) is 0 Å². The van der Waals surface area contributed by atoms with E-state index in [0.29, 0.717) is 24.7 Å². The molecule has 0 saturated heterocycles. The van der Waals surface area contributed by atoms with Crippen LogP contribution >= 0.6 is 23.2 Å². The summed E-state index contributed by atoms with van der Waals surface area (Å²) in [6.45, 7) is 4.48. The van der Waals surface area contributed by atoms with E-state index >= 15 is 0 Å². The molecule has 0 N–H and O–H groups in total. The number of carbonyl (C=O) groups is 2. The molecule has 0 fully saturated rings. The Bertz CT molecular complexity index is 330. The molecule has 0 bridgehead atoms. The first kappa shape index (κ1) is 23.9. The lowest BCUT2D eigenvalue weighted by atomic mass is 9.86. The molecule has 0 aliphatic rings. The molecule has 0 aliphatic heterocycles. The Morgan fingerprint density at radius 2 is 1.04 bits per heavy atom. The van der Waals surface area contributed by atoms with E-state index in [-0.39, 0.29) is 10.5 Å². The summed E-state index contributed by atoms with van der Waals surface area (Å²) in [5.74, 6) is 1.27. The molecule has 0 spiro atoms. The van der Waals surface area contributed by atoms with Crippen LogP contribution in [0.1, 0.15) is 104 Å². The Kier molecular flexibility index (Phi) is 16.3. The van der Waals surface area contributed by atoms with Gasteiger partial charge in [-0.3, -0.25) is 9.59 Å². The maximum Gasteiger partial charge on any atom is 0.221 e. The van der Waals surface area contributed by atoms with Crippen molar-refractivity contribution in [1.29, 1.82) is 0 Å². The summed E-state index contributed by atoms with van der Waals surface area (Å²) in [5, 5.41) is -0.404. The Balaban J connectivity index is 3.39. The molecule has 0 saturated carbocycles. The van der Waals surface area contributed by atoms with Gasteiger partial charge in [0.2, 0.25) is 10.5 Å². The van der Waals surface area contributed by atoms with E-state index in [4.69, 9.17) is 23.2 Å². The largest absolute Gasteiger partial charge is 0.281 e. The van der Waals surface area contributed by atoms with Crippen LogP contribution in [0.15, 0.2) is 0 Å². The normalized spacial score (nSPS) is 12.5. The zero-order valence-corrected chi connectivity index (χ0v) is 17.1. The van der Waals surface area contributed by atoms with Crippen LogP contribution in [0.2, 0.25) is 0 Å². The fraction of sp³-hybridized carbons (Fsp3) is 0.900. The van der Waals surface area contributed by atoms with Crippen LogP contribution in [0.5, 0.6) is 0 Å². The highest BCUT2D eigenvalue weighted by atomic mass is 35.5. The lowest BCUT2D eigenvalue weighted by molar-refractivity contribution is -0.112. The molecule has 4 heteroatoms. The zero-order chi connectivity index (χ0) is 18.2. The molecule has 1 atom stereocenters. The van der Waals surface area contributed by atoms with Crippen molar-refractivity contribution >= 4 is 33.7 Å². The smallest absolute Gasteiger partial charge is 0.221 e. The second kappa shape index (κ2) is 16.4. The molecule has 0 aromatic heterocycles. The Labute approximate surface area is 159 Å². The van der Waals surface area contributed by atoms with Gasteiger partial charge in [0.05, 0.1) is 0 Å². The van der Waals surface area contributed by atoms with Gasteiger partial charge in [-0.15, -0.1) is 0 Å². The Hall–Kier alpha value is -0.0800. The third-order valence-electron chi connectivity index (χ3n) is 4.85. The lowest BCUT2D eigenvalue weighted by Gasteiger charge is -2.20. The van der Waals surface area contributed by atoms with E-state index < -0.39 is 0 Å². The topological polar surface area (TPSA) is 34.1 Å². The van der Waals surface area contributed by atoms with E-state index in [0.717, 1.165) is 19.3 Å². The first-order valence-electron chi connectivity index (χ1n) is 9.80. The van der Waals surface area contributed by atoms with Crippen molar-refractivity contribution in [3.8, 4) is 0 Å². The summed E-state index contributed by atoms with van der Waals surface area (Å²) in [7, 11) is 0. The van der Waals surface area contributed by atoms with Gasteiger partial charge in [-0.2, -0.15) is 0 Å². The molecule has 142 valence electrons. The van der Waals surface area contributed by atoms with Gasteiger partial charge in [-0.05, 0) is 47.9 Å². The van der Waals surface area contributed by atoms with Crippen LogP contribution in [0.25, 0.3) is 0 Å². The molecule has 0 radical (unpaired) electrons. The third-order valence-corrected chi connectivity index (χ3v) is 5.23. The molecule has 0 amide bonds. The SMILES string of the molecule is CC(C)C(CCCCCCCCCCCCC(=O)Cl)CCC(=O)Cl. The van der Waals surface area contributed by atoms with Gasteiger partial charge in [0.15, 0.2) is 0 Å². The van der Waals surface area contributed by atoms with Gasteiger partial charge in [0.1, 0.15) is 0 Å². The molecule has 0 aromatic rings. The molecular formula is C20H36Cl2O2. The number of rotatable bonds is 17. The fourth-order valence-electron chi connectivity index (χ4n) is 3.19. The predicted octanol–water partition coefficient (Wildman–Crippen LogP) is 7.25. The highest BCUT2D eigenvalue weighted by Gasteiger charge is 2.14. The summed E-state index contributed by atoms with van der Waals surface area (Å²) < 4.78 is 0. The summed E-state index contributed by atoms with van der Waals surface area (Å²) in [4.78, 5) is 21.5. The summed E-state index contributed by atoms with van der Waals surface area (Å²) >= 11 is 10.8. The number of carbonyl (C=O) groups excluding carboxylic acids is 2. The summed E-state index contributed by atoms with van der Waals surface area (Å²) in [6.07, 6.45) is 15.6. The molecule has 0 rings (SSSR count). The average Bonchev–Trinajstić information content (AvgIpc) is 2.50. The molecular weight excluding hydrogens is 343 g/mol. The highest BCUT2D eigenvalue weighted by molar-refractivity contribution is 6.63. The lowest BCUT2D eigenvalue weighted by Crippen LogP contribution is -2.10. The maximum absolute atomic E-state index is 10.9. The van der Waals surface area contributed by atoms with Crippen molar-refractivity contribution in [2.45, 2.75) is 104 Å². The zero-order valence-electron chi connectivity index (χ0n) is 15.6. The molecule has 0 heterocycles. The van der Waals surface area contributed by atoms with Crippen LogP contribution in [0, 0.1) is 11.8 Å². The minimum absolute atomic E-state index is 0.199. The van der Waals surface area contributed by atoms with E-state index in [9.17, 15) is 9.59 Å². The van der Waals surface area contributed by atoms with Gasteiger partial charge < -0.3 is 0 Å². The molecule has 1 unspecified atom stereocenters. The number of unbranched alkanes of at least 4 members (excludes halogenated alkanes) is 9. The Morgan fingerprint density at radius 1 is 0.625 bits per heavy atom. The average molecular weight is 379 g/mol. The van der Waals surface area contributed by atoms with E-state index in [1.807, 2.05) is 0 Å². The van der Waals surface area contributed by atoms with Gasteiger partial charge >= 0.3 is 0 Å². The van der Waals surface area contributed by atoms with E-state index in [1.165, 1.54) is 57.8 Å². The van der Waals surface area contributed by atoms with Crippen molar-refractivity contribution in [2.24, 2.45) is 11.8 Å². The number of hydrogen-bond acceptors (Lipinski definition) is 2. The van der Waals surface area contributed by atoms with E-state index in [2.05, 4.69) is 13.8 Å². The Morgan fingerprint density at radius 3 is 1.46 bits per heavy atom. The highest BCUT2D eigenvalue weighted by Crippen LogP contribution is 2.24. The first-order chi connectivity index (χ1) is 11.4. The monoisotopic (exact) mass is 378 g/mol. The molecule has 2 nitrogen and oxygen atoms in total. The van der Waals surface area contributed by atoms with Crippen LogP contribution in [0.4, 0.5) is 0 Å². The molecule has 0 aliphatic carbocycles. The molecule has 24 heavy (non-hydrogen) atoms. The van der Waals surface area contributed by atoms with Crippen molar-refractivity contribution in [2.75, 3.05) is 0 Å². The van der Waals surface area contributed by atoms with Crippen molar-refractivity contribution < 1.29 is 9.59 Å². The van der Waals surface area contributed by atoms with Crippen molar-refractivity contribution in [3.05, 3.63) is 0 Å². The van der Waals surface area contributed by atoms with Gasteiger partial charge in [-0.1, -0.05) is 78.1 Å². The second-order valence-corrected chi connectivity index (χ2v) is 8.17. The molecule has 0 aromatic carbocycles. The second-order valence-electron chi connectivity index (χ2n) is 7.33. The predicted molar refractivity (Wildman–Crippen MR) is 105 cm³/mol. The maximum atomic E-state index is 10.9. The van der Waals surface area contributed by atoms with Crippen molar-refractivity contribution in [3.63, 3.8) is 0 Å². The van der Waals surface area contributed by atoms with Crippen LogP contribution < -0.4 is 0 Å². The number of hydrogen-bond donors (Lipinski definition) is 0. The van der Waals surface area contributed by atoms with Crippen LogP contribution in [0.3, 0.4) is 0 Å². The fourth-order valence-corrected chi connectivity index (χ4v) is 3.44. The summed E-state index contributed by atoms with van der Waals surface area (Å²) in [5.41, 5.74) is 0. The quantitative estimate of drug-likeness (QED) is 0.197. The van der Waals surface area contributed by atoms with E-state index in [1.54, 1.807) is 0 Å².